The van der Waals surface area contributed by atoms with Gasteiger partial charge in [-0.15, -0.1) is 11.3 Å². The van der Waals surface area contributed by atoms with Crippen LogP contribution in [0.2, 0.25) is 0 Å². The van der Waals surface area contributed by atoms with Crippen molar-refractivity contribution in [3.63, 3.8) is 0 Å². The molecule has 1 heterocycles. The molecule has 4 aromatic rings. The number of anilines is 1. The second-order valence-corrected chi connectivity index (χ2v) is 7.22. The topological polar surface area (TPSA) is 46.5 Å². The number of nitrogens with one attached hydrogen (secondary N) is 1. The van der Waals surface area contributed by atoms with Gasteiger partial charge in [0.2, 0.25) is 5.13 Å². The predicted octanol–water partition coefficient (Wildman–Crippen LogP) is 6.11. The minimum Gasteiger partial charge on any atom is -0.489 e. The zero-order valence-electron chi connectivity index (χ0n) is 15.8. The third kappa shape index (κ3) is 5.07. The normalized spacial score (nSPS) is 11.0. The zero-order chi connectivity index (χ0) is 20.8. The summed E-state index contributed by atoms with van der Waals surface area (Å²) in [5.41, 5.74) is 6.51. The van der Waals surface area contributed by atoms with Gasteiger partial charge in [0.15, 0.2) is 0 Å². The number of hydrazone groups is 1. The van der Waals surface area contributed by atoms with E-state index in [0.29, 0.717) is 5.13 Å². The van der Waals surface area contributed by atoms with Crippen LogP contribution in [0.3, 0.4) is 0 Å². The third-order valence-electron chi connectivity index (χ3n) is 4.22. The van der Waals surface area contributed by atoms with Gasteiger partial charge in [-0.25, -0.2) is 13.8 Å². The molecule has 0 radical (unpaired) electrons. The van der Waals surface area contributed by atoms with Gasteiger partial charge in [0.05, 0.1) is 11.9 Å². The van der Waals surface area contributed by atoms with Gasteiger partial charge in [-0.1, -0.05) is 54.6 Å². The van der Waals surface area contributed by atoms with Gasteiger partial charge in [0.1, 0.15) is 24.0 Å². The van der Waals surface area contributed by atoms with Gasteiger partial charge < -0.3 is 4.74 Å². The van der Waals surface area contributed by atoms with E-state index in [0.717, 1.165) is 40.6 Å². The Hall–Kier alpha value is -3.58. The predicted molar refractivity (Wildman–Crippen MR) is 116 cm³/mol. The van der Waals surface area contributed by atoms with Gasteiger partial charge in [-0.05, 0) is 5.56 Å². The fraction of sp³-hybridized carbons (Fsp3) is 0.0435. The first-order chi connectivity index (χ1) is 14.7. The molecule has 0 aliphatic rings. The molecule has 0 spiro atoms. The van der Waals surface area contributed by atoms with E-state index in [2.05, 4.69) is 15.5 Å². The lowest BCUT2D eigenvalue weighted by Crippen LogP contribution is -2.01. The zero-order valence-corrected chi connectivity index (χ0v) is 16.6. The Balaban J connectivity index is 1.41. The van der Waals surface area contributed by atoms with Crippen molar-refractivity contribution in [1.82, 2.24) is 4.98 Å². The van der Waals surface area contributed by atoms with Crippen molar-refractivity contribution in [3.05, 3.63) is 101 Å². The molecule has 1 N–H and O–H groups in total. The van der Waals surface area contributed by atoms with Crippen LogP contribution >= 0.6 is 11.3 Å². The minimum absolute atomic E-state index is 0.133. The van der Waals surface area contributed by atoms with E-state index in [-0.39, 0.29) is 12.4 Å². The second-order valence-electron chi connectivity index (χ2n) is 6.37. The van der Waals surface area contributed by atoms with Crippen LogP contribution in [-0.2, 0) is 6.61 Å². The van der Waals surface area contributed by atoms with E-state index >= 15 is 0 Å². The molecule has 0 aliphatic heterocycles. The molecule has 0 amide bonds. The highest BCUT2D eigenvalue weighted by Crippen LogP contribution is 2.24. The molecule has 4 nitrogen and oxygen atoms in total. The lowest BCUT2D eigenvalue weighted by atomic mass is 10.1. The van der Waals surface area contributed by atoms with Crippen LogP contribution in [0.1, 0.15) is 11.1 Å². The van der Waals surface area contributed by atoms with Gasteiger partial charge in [0.25, 0.3) is 0 Å². The Morgan fingerprint density at radius 2 is 1.70 bits per heavy atom. The lowest BCUT2D eigenvalue weighted by molar-refractivity contribution is 0.302. The molecule has 0 aliphatic carbocycles. The molecule has 7 heteroatoms. The molecule has 0 saturated carbocycles. The Kier molecular flexibility index (Phi) is 6.10. The smallest absolute Gasteiger partial charge is 0.203 e. The monoisotopic (exact) mass is 421 g/mol. The van der Waals surface area contributed by atoms with Crippen molar-refractivity contribution in [1.29, 1.82) is 0 Å². The number of aromatic nitrogens is 1. The Labute approximate surface area is 176 Å². The Bertz CT molecular complexity index is 1140. The molecule has 30 heavy (non-hydrogen) atoms. The molecule has 4 rings (SSSR count). The van der Waals surface area contributed by atoms with Crippen LogP contribution in [0, 0.1) is 11.6 Å². The van der Waals surface area contributed by atoms with Crippen LogP contribution in [-0.4, -0.2) is 11.2 Å². The molecule has 3 aromatic carbocycles. The standard InChI is InChI=1S/C23H17F2N3OS/c24-19-10-20(25)12-21(11-19)29-14-18-9-5-4-8-17(18)13-26-28-23-27-22(15-30-23)16-6-2-1-3-7-16/h1-13,15H,14H2,(H,27,28). The number of rotatable bonds is 7. The van der Waals surface area contributed by atoms with Gasteiger partial charge in [0, 0.05) is 34.7 Å². The fourth-order valence-corrected chi connectivity index (χ4v) is 3.46. The van der Waals surface area contributed by atoms with E-state index in [1.54, 1.807) is 6.21 Å². The van der Waals surface area contributed by atoms with Crippen LogP contribution in [0.15, 0.2) is 83.3 Å². The first-order valence-corrected chi connectivity index (χ1v) is 10.0. The first kappa shape index (κ1) is 19.7. The largest absolute Gasteiger partial charge is 0.489 e. The minimum atomic E-state index is -0.678. The van der Waals surface area contributed by atoms with Crippen molar-refractivity contribution in [2.75, 3.05) is 5.43 Å². The van der Waals surface area contributed by atoms with E-state index in [1.165, 1.54) is 11.3 Å². The van der Waals surface area contributed by atoms with E-state index in [4.69, 9.17) is 4.74 Å². The summed E-state index contributed by atoms with van der Waals surface area (Å²) in [5.74, 6) is -1.22. The van der Waals surface area contributed by atoms with Gasteiger partial charge in [-0.2, -0.15) is 5.10 Å². The number of ether oxygens (including phenoxy) is 1. The molecule has 0 saturated heterocycles. The SMILES string of the molecule is Fc1cc(F)cc(OCc2ccccc2C=NNc2nc(-c3ccccc3)cs2)c1. The molecule has 150 valence electrons. The van der Waals surface area contributed by atoms with Crippen LogP contribution in [0.4, 0.5) is 13.9 Å². The summed E-state index contributed by atoms with van der Waals surface area (Å²) in [7, 11) is 0. The molecular formula is C23H17F2N3OS. The van der Waals surface area contributed by atoms with Crippen molar-refractivity contribution in [2.24, 2.45) is 5.10 Å². The first-order valence-electron chi connectivity index (χ1n) is 9.14. The third-order valence-corrected chi connectivity index (χ3v) is 4.97. The highest BCUT2D eigenvalue weighted by molar-refractivity contribution is 7.14. The average molecular weight is 421 g/mol. The Morgan fingerprint density at radius 1 is 0.967 bits per heavy atom. The molecule has 0 atom stereocenters. The van der Waals surface area contributed by atoms with Crippen LogP contribution in [0.25, 0.3) is 11.3 Å². The summed E-state index contributed by atoms with van der Waals surface area (Å²) in [6.45, 7) is 0.153. The van der Waals surface area contributed by atoms with Crippen molar-refractivity contribution < 1.29 is 13.5 Å². The number of benzene rings is 3. The maximum Gasteiger partial charge on any atom is 0.203 e. The molecule has 0 unspecified atom stereocenters. The maximum atomic E-state index is 13.3. The van der Waals surface area contributed by atoms with Crippen LogP contribution < -0.4 is 10.2 Å². The number of thiazole rings is 1. The summed E-state index contributed by atoms with van der Waals surface area (Å²) in [6, 6.07) is 20.5. The van der Waals surface area contributed by atoms with E-state index < -0.39 is 11.6 Å². The van der Waals surface area contributed by atoms with Crippen LogP contribution in [0.5, 0.6) is 5.75 Å². The van der Waals surface area contributed by atoms with Gasteiger partial charge in [-0.3, -0.25) is 5.43 Å². The molecule has 0 bridgehead atoms. The summed E-state index contributed by atoms with van der Waals surface area (Å²) in [6.07, 6.45) is 1.66. The molecular weight excluding hydrogens is 404 g/mol. The van der Waals surface area contributed by atoms with E-state index in [1.807, 2.05) is 60.0 Å². The van der Waals surface area contributed by atoms with E-state index in [9.17, 15) is 8.78 Å². The number of hydrogen-bond donors (Lipinski definition) is 1. The van der Waals surface area contributed by atoms with Gasteiger partial charge >= 0.3 is 0 Å². The second kappa shape index (κ2) is 9.28. The molecule has 1 aromatic heterocycles. The highest BCUT2D eigenvalue weighted by Gasteiger charge is 2.05. The molecule has 0 fully saturated rings. The maximum absolute atomic E-state index is 13.3. The summed E-state index contributed by atoms with van der Waals surface area (Å²) >= 11 is 1.46. The van der Waals surface area contributed by atoms with Crippen molar-refractivity contribution >= 4 is 22.7 Å². The highest BCUT2D eigenvalue weighted by atomic mass is 32.1. The quantitative estimate of drug-likeness (QED) is 0.289. The average Bonchev–Trinajstić information content (AvgIpc) is 3.22. The summed E-state index contributed by atoms with van der Waals surface area (Å²) in [4.78, 5) is 4.52. The summed E-state index contributed by atoms with van der Waals surface area (Å²) in [5, 5.41) is 6.90. The number of nitrogens with zero attached hydrogens (tertiary/aromatic N) is 2. The number of hydrogen-bond acceptors (Lipinski definition) is 5. The number of halogens is 2. The lowest BCUT2D eigenvalue weighted by Gasteiger charge is -2.09. The van der Waals surface area contributed by atoms with Crippen molar-refractivity contribution in [3.8, 4) is 17.0 Å². The van der Waals surface area contributed by atoms with Crippen molar-refractivity contribution in [2.45, 2.75) is 6.61 Å². The Morgan fingerprint density at radius 3 is 2.50 bits per heavy atom. The summed E-state index contributed by atoms with van der Waals surface area (Å²) < 4.78 is 32.2. The fourth-order valence-electron chi connectivity index (χ4n) is 2.79.